The van der Waals surface area contributed by atoms with Gasteiger partial charge in [0.05, 0.1) is 19.2 Å². The van der Waals surface area contributed by atoms with Gasteiger partial charge in [-0.2, -0.15) is 0 Å². The van der Waals surface area contributed by atoms with Crippen LogP contribution in [0, 0.1) is 12.3 Å². The number of hydrogen-bond donors (Lipinski definition) is 2. The number of carbonyl (C=O) groups is 1. The van der Waals surface area contributed by atoms with Gasteiger partial charge in [0.1, 0.15) is 0 Å². The molecular formula is C11H18N2O2. The maximum Gasteiger partial charge on any atom is 0.234 e. The van der Waals surface area contributed by atoms with Crippen LogP contribution in [-0.4, -0.2) is 37.7 Å². The Morgan fingerprint density at radius 1 is 1.60 bits per heavy atom. The predicted octanol–water partition coefficient (Wildman–Crippen LogP) is -0.107. The lowest BCUT2D eigenvalue weighted by Crippen LogP contribution is -2.49. The molecule has 2 N–H and O–H groups in total. The minimum Gasteiger partial charge on any atom is -0.378 e. The van der Waals surface area contributed by atoms with Crippen molar-refractivity contribution in [1.29, 1.82) is 0 Å². The summed E-state index contributed by atoms with van der Waals surface area (Å²) in [4.78, 5) is 11.3. The molecule has 0 saturated heterocycles. The van der Waals surface area contributed by atoms with Crippen LogP contribution >= 0.6 is 0 Å². The molecule has 1 fully saturated rings. The Bertz CT molecular complexity index is 241. The van der Waals surface area contributed by atoms with Crippen molar-refractivity contribution in [2.75, 3.05) is 19.7 Å². The Morgan fingerprint density at radius 2 is 2.33 bits per heavy atom. The lowest BCUT2D eigenvalue weighted by molar-refractivity contribution is -0.122. The first-order valence-electron chi connectivity index (χ1n) is 5.31. The smallest absolute Gasteiger partial charge is 0.234 e. The summed E-state index contributed by atoms with van der Waals surface area (Å²) < 4.78 is 5.39. The van der Waals surface area contributed by atoms with Crippen LogP contribution in [0.3, 0.4) is 0 Å². The van der Waals surface area contributed by atoms with Gasteiger partial charge in [-0.1, -0.05) is 5.92 Å². The van der Waals surface area contributed by atoms with E-state index in [2.05, 4.69) is 16.6 Å². The highest BCUT2D eigenvalue weighted by atomic mass is 16.5. The summed E-state index contributed by atoms with van der Waals surface area (Å²) >= 11 is 0. The number of carbonyl (C=O) groups excluding carboxylic acids is 1. The van der Waals surface area contributed by atoms with Crippen LogP contribution < -0.4 is 10.6 Å². The number of amides is 1. The van der Waals surface area contributed by atoms with Gasteiger partial charge in [0.2, 0.25) is 5.91 Å². The third-order valence-corrected chi connectivity index (χ3v) is 2.37. The summed E-state index contributed by atoms with van der Waals surface area (Å²) in [5.74, 6) is 2.42. The fourth-order valence-electron chi connectivity index (χ4n) is 1.58. The second-order valence-corrected chi connectivity index (χ2v) is 3.62. The molecule has 0 bridgehead atoms. The molecule has 0 aromatic carbocycles. The molecule has 4 nitrogen and oxygen atoms in total. The molecule has 4 heteroatoms. The zero-order valence-electron chi connectivity index (χ0n) is 9.08. The summed E-state index contributed by atoms with van der Waals surface area (Å²) in [5, 5.41) is 5.76. The lowest BCUT2D eigenvalue weighted by Gasteiger charge is -2.35. The quantitative estimate of drug-likeness (QED) is 0.475. The van der Waals surface area contributed by atoms with Crippen LogP contribution in [0.1, 0.15) is 19.8 Å². The summed E-state index contributed by atoms with van der Waals surface area (Å²) in [7, 11) is 0. The summed E-state index contributed by atoms with van der Waals surface area (Å²) in [6, 6.07) is 0.279. The van der Waals surface area contributed by atoms with Crippen LogP contribution in [-0.2, 0) is 9.53 Å². The Balaban J connectivity index is 2.01. The lowest BCUT2D eigenvalue weighted by atomic mass is 9.89. The highest BCUT2D eigenvalue weighted by molar-refractivity contribution is 5.78. The van der Waals surface area contributed by atoms with E-state index in [4.69, 9.17) is 11.2 Å². The topological polar surface area (TPSA) is 50.4 Å². The summed E-state index contributed by atoms with van der Waals surface area (Å²) in [6.07, 6.45) is 7.23. The van der Waals surface area contributed by atoms with Gasteiger partial charge in [0, 0.05) is 12.6 Å². The Hall–Kier alpha value is -1.05. The first-order chi connectivity index (χ1) is 7.26. The van der Waals surface area contributed by atoms with Crippen LogP contribution in [0.5, 0.6) is 0 Å². The van der Waals surface area contributed by atoms with E-state index in [-0.39, 0.29) is 11.9 Å². The highest BCUT2D eigenvalue weighted by Gasteiger charge is 2.30. The average Bonchev–Trinajstić information content (AvgIpc) is 2.15. The van der Waals surface area contributed by atoms with E-state index in [1.165, 1.54) is 0 Å². The normalized spacial score (nSPS) is 24.0. The van der Waals surface area contributed by atoms with E-state index in [9.17, 15) is 4.79 Å². The average molecular weight is 210 g/mol. The summed E-state index contributed by atoms with van der Waals surface area (Å²) in [5.41, 5.74) is 0. The molecule has 1 saturated carbocycles. The number of nitrogens with one attached hydrogen (secondary N) is 2. The zero-order valence-corrected chi connectivity index (χ0v) is 9.08. The zero-order chi connectivity index (χ0) is 11.1. The minimum atomic E-state index is 0.00481. The van der Waals surface area contributed by atoms with Crippen molar-refractivity contribution in [3.63, 3.8) is 0 Å². The van der Waals surface area contributed by atoms with Crippen molar-refractivity contribution in [3.05, 3.63) is 0 Å². The maximum absolute atomic E-state index is 11.3. The Morgan fingerprint density at radius 3 is 2.93 bits per heavy atom. The van der Waals surface area contributed by atoms with Gasteiger partial charge in [-0.25, -0.2) is 0 Å². The molecule has 0 radical (unpaired) electrons. The van der Waals surface area contributed by atoms with Crippen molar-refractivity contribution in [2.45, 2.75) is 31.9 Å². The third kappa shape index (κ3) is 4.32. The van der Waals surface area contributed by atoms with Crippen molar-refractivity contribution < 1.29 is 9.53 Å². The largest absolute Gasteiger partial charge is 0.378 e. The molecule has 84 valence electrons. The molecule has 0 aliphatic heterocycles. The molecule has 1 rings (SSSR count). The van der Waals surface area contributed by atoms with Gasteiger partial charge in [0.15, 0.2) is 0 Å². The molecule has 0 atom stereocenters. The number of terminal acetylenes is 1. The molecule has 15 heavy (non-hydrogen) atoms. The van der Waals surface area contributed by atoms with E-state index >= 15 is 0 Å². The van der Waals surface area contributed by atoms with Crippen molar-refractivity contribution in [2.24, 2.45) is 0 Å². The van der Waals surface area contributed by atoms with Crippen LogP contribution in [0.2, 0.25) is 0 Å². The molecule has 0 aromatic heterocycles. The van der Waals surface area contributed by atoms with Crippen molar-refractivity contribution >= 4 is 5.91 Å². The van der Waals surface area contributed by atoms with Gasteiger partial charge in [-0.05, 0) is 19.8 Å². The molecule has 1 aliphatic carbocycles. The standard InChI is InChI=1S/C11H18N2O2/c1-3-5-12-8-11(14)13-9-6-10(7-9)15-4-2/h1,9-10,12H,4-8H2,2H3,(H,13,14). The SMILES string of the molecule is C#CCNCC(=O)NC1CC(OCC)C1. The first kappa shape index (κ1) is 12.0. The van der Waals surface area contributed by atoms with Crippen molar-refractivity contribution in [1.82, 2.24) is 10.6 Å². The van der Waals surface area contributed by atoms with Crippen LogP contribution in [0.4, 0.5) is 0 Å². The second-order valence-electron chi connectivity index (χ2n) is 3.62. The van der Waals surface area contributed by atoms with Crippen LogP contribution in [0.15, 0.2) is 0 Å². The van der Waals surface area contributed by atoms with E-state index in [0.717, 1.165) is 19.4 Å². The fourth-order valence-corrected chi connectivity index (χ4v) is 1.58. The molecule has 1 aliphatic rings. The van der Waals surface area contributed by atoms with Gasteiger partial charge in [0.25, 0.3) is 0 Å². The van der Waals surface area contributed by atoms with E-state index in [1.807, 2.05) is 6.92 Å². The summed E-state index contributed by atoms with van der Waals surface area (Å²) in [6.45, 7) is 3.45. The van der Waals surface area contributed by atoms with E-state index in [0.29, 0.717) is 19.2 Å². The van der Waals surface area contributed by atoms with Gasteiger partial charge in [-0.15, -0.1) is 6.42 Å². The van der Waals surface area contributed by atoms with Gasteiger partial charge >= 0.3 is 0 Å². The molecule has 1 amide bonds. The third-order valence-electron chi connectivity index (χ3n) is 2.37. The van der Waals surface area contributed by atoms with Crippen LogP contribution in [0.25, 0.3) is 0 Å². The molecular weight excluding hydrogens is 192 g/mol. The predicted molar refractivity (Wildman–Crippen MR) is 58.3 cm³/mol. The fraction of sp³-hybridized carbons (Fsp3) is 0.727. The van der Waals surface area contributed by atoms with Gasteiger partial charge in [-0.3, -0.25) is 10.1 Å². The molecule has 0 unspecified atom stereocenters. The Kier molecular flexibility index (Phi) is 5.16. The molecule has 0 heterocycles. The van der Waals surface area contributed by atoms with Gasteiger partial charge < -0.3 is 10.1 Å². The number of rotatable bonds is 6. The second kappa shape index (κ2) is 6.44. The first-order valence-corrected chi connectivity index (χ1v) is 5.31. The minimum absolute atomic E-state index is 0.00481. The maximum atomic E-state index is 11.3. The number of ether oxygens (including phenoxy) is 1. The van der Waals surface area contributed by atoms with E-state index < -0.39 is 0 Å². The Labute approximate surface area is 90.8 Å². The number of hydrogen-bond acceptors (Lipinski definition) is 3. The molecule has 0 spiro atoms. The van der Waals surface area contributed by atoms with Crippen molar-refractivity contribution in [3.8, 4) is 12.3 Å². The monoisotopic (exact) mass is 210 g/mol. The molecule has 0 aromatic rings. The van der Waals surface area contributed by atoms with E-state index in [1.54, 1.807) is 0 Å². The highest BCUT2D eigenvalue weighted by Crippen LogP contribution is 2.22.